The zero-order valence-electron chi connectivity index (χ0n) is 9.53. The van der Waals surface area contributed by atoms with Gasteiger partial charge in [-0.15, -0.1) is 0 Å². The normalized spacial score (nSPS) is 11.1. The van der Waals surface area contributed by atoms with Gasteiger partial charge in [-0.05, 0) is 13.0 Å². The highest BCUT2D eigenvalue weighted by molar-refractivity contribution is 7.90. The summed E-state index contributed by atoms with van der Waals surface area (Å²) in [7, 11) is -2.91. The Bertz CT molecular complexity index is 431. The van der Waals surface area contributed by atoms with Crippen LogP contribution in [0.3, 0.4) is 0 Å². The van der Waals surface area contributed by atoms with E-state index in [4.69, 9.17) is 0 Å². The van der Waals surface area contributed by atoms with Gasteiger partial charge in [-0.1, -0.05) is 0 Å². The fraction of sp³-hybridized carbons (Fsp3) is 0.500. The molecule has 6 heteroatoms. The highest BCUT2D eigenvalue weighted by Gasteiger charge is 2.01. The molecule has 2 N–H and O–H groups in total. The largest absolute Gasteiger partial charge is 0.384 e. The van der Waals surface area contributed by atoms with Gasteiger partial charge < -0.3 is 10.6 Å². The first-order chi connectivity index (χ1) is 7.51. The van der Waals surface area contributed by atoms with Crippen LogP contribution in [0.4, 0.5) is 11.4 Å². The van der Waals surface area contributed by atoms with E-state index in [9.17, 15) is 8.42 Å². The van der Waals surface area contributed by atoms with Gasteiger partial charge in [-0.25, -0.2) is 8.42 Å². The molecule has 0 bridgehead atoms. The predicted octanol–water partition coefficient (Wildman–Crippen LogP) is 0.970. The number of rotatable bonds is 6. The molecule has 0 saturated heterocycles. The number of hydrogen-bond donors (Lipinski definition) is 2. The Morgan fingerprint density at radius 3 is 2.44 bits per heavy atom. The van der Waals surface area contributed by atoms with E-state index in [2.05, 4.69) is 15.6 Å². The number of anilines is 2. The molecular weight excluding hydrogens is 226 g/mol. The quantitative estimate of drug-likeness (QED) is 0.779. The molecule has 0 amide bonds. The van der Waals surface area contributed by atoms with E-state index in [1.54, 1.807) is 12.4 Å². The lowest BCUT2D eigenvalue weighted by molar-refractivity contribution is 0.602. The van der Waals surface area contributed by atoms with Crippen molar-refractivity contribution in [3.63, 3.8) is 0 Å². The SMILES string of the molecule is CCNc1cncc(NCCS(C)(=O)=O)c1. The lowest BCUT2D eigenvalue weighted by Gasteiger charge is -2.07. The zero-order valence-corrected chi connectivity index (χ0v) is 10.3. The summed E-state index contributed by atoms with van der Waals surface area (Å²) in [5, 5.41) is 6.15. The molecule has 16 heavy (non-hydrogen) atoms. The van der Waals surface area contributed by atoms with E-state index >= 15 is 0 Å². The predicted molar refractivity (Wildman–Crippen MR) is 66.6 cm³/mol. The number of sulfone groups is 1. The van der Waals surface area contributed by atoms with Crippen LogP contribution in [0.5, 0.6) is 0 Å². The van der Waals surface area contributed by atoms with Crippen LogP contribution >= 0.6 is 0 Å². The second-order valence-corrected chi connectivity index (χ2v) is 5.81. The van der Waals surface area contributed by atoms with E-state index in [1.165, 1.54) is 6.26 Å². The van der Waals surface area contributed by atoms with Gasteiger partial charge >= 0.3 is 0 Å². The average molecular weight is 243 g/mol. The van der Waals surface area contributed by atoms with Crippen molar-refractivity contribution in [1.82, 2.24) is 4.98 Å². The summed E-state index contributed by atoms with van der Waals surface area (Å²) in [5.41, 5.74) is 1.74. The summed E-state index contributed by atoms with van der Waals surface area (Å²) in [6.07, 6.45) is 4.62. The maximum absolute atomic E-state index is 10.9. The fourth-order valence-electron chi connectivity index (χ4n) is 1.22. The molecule has 0 aliphatic heterocycles. The summed E-state index contributed by atoms with van der Waals surface area (Å²) < 4.78 is 21.8. The van der Waals surface area contributed by atoms with Crippen molar-refractivity contribution in [2.75, 3.05) is 35.7 Å². The summed E-state index contributed by atoms with van der Waals surface area (Å²) >= 11 is 0. The molecular formula is C10H17N3O2S. The first-order valence-electron chi connectivity index (χ1n) is 5.12. The molecule has 0 unspecified atom stereocenters. The van der Waals surface area contributed by atoms with Crippen molar-refractivity contribution in [3.05, 3.63) is 18.5 Å². The lowest BCUT2D eigenvalue weighted by Crippen LogP contribution is -2.14. The second-order valence-electron chi connectivity index (χ2n) is 3.55. The summed E-state index contributed by atoms with van der Waals surface area (Å²) in [6, 6.07) is 1.90. The van der Waals surface area contributed by atoms with Crippen LogP contribution in [0.15, 0.2) is 18.5 Å². The summed E-state index contributed by atoms with van der Waals surface area (Å²) in [5.74, 6) is 0.123. The number of pyridine rings is 1. The van der Waals surface area contributed by atoms with E-state index in [-0.39, 0.29) is 5.75 Å². The molecule has 0 atom stereocenters. The van der Waals surface area contributed by atoms with Gasteiger partial charge in [-0.2, -0.15) is 0 Å². The van der Waals surface area contributed by atoms with E-state index in [1.807, 2.05) is 13.0 Å². The van der Waals surface area contributed by atoms with Crippen molar-refractivity contribution in [2.24, 2.45) is 0 Å². The molecule has 0 radical (unpaired) electrons. The molecule has 90 valence electrons. The van der Waals surface area contributed by atoms with E-state index < -0.39 is 9.84 Å². The Labute approximate surface area is 96.2 Å². The minimum absolute atomic E-state index is 0.123. The van der Waals surface area contributed by atoms with Gasteiger partial charge in [0.25, 0.3) is 0 Å². The van der Waals surface area contributed by atoms with Crippen molar-refractivity contribution in [3.8, 4) is 0 Å². The fourth-order valence-corrected chi connectivity index (χ4v) is 1.69. The number of aromatic nitrogens is 1. The minimum Gasteiger partial charge on any atom is -0.384 e. The molecule has 0 spiro atoms. The molecule has 5 nitrogen and oxygen atoms in total. The Kier molecular flexibility index (Phi) is 4.54. The Balaban J connectivity index is 2.51. The molecule has 0 aliphatic carbocycles. The van der Waals surface area contributed by atoms with E-state index in [0.717, 1.165) is 17.9 Å². The van der Waals surface area contributed by atoms with Crippen LogP contribution in [0.2, 0.25) is 0 Å². The Morgan fingerprint density at radius 1 is 1.25 bits per heavy atom. The number of nitrogens with zero attached hydrogens (tertiary/aromatic N) is 1. The van der Waals surface area contributed by atoms with Crippen LogP contribution < -0.4 is 10.6 Å². The third kappa shape index (κ3) is 4.97. The topological polar surface area (TPSA) is 71.1 Å². The molecule has 1 aromatic rings. The first kappa shape index (κ1) is 12.8. The summed E-state index contributed by atoms with van der Waals surface area (Å²) in [4.78, 5) is 4.04. The smallest absolute Gasteiger partial charge is 0.149 e. The molecule has 0 aromatic carbocycles. The highest BCUT2D eigenvalue weighted by atomic mass is 32.2. The van der Waals surface area contributed by atoms with Crippen LogP contribution in [-0.2, 0) is 9.84 Å². The van der Waals surface area contributed by atoms with Gasteiger partial charge in [-0.3, -0.25) is 4.98 Å². The molecule has 1 rings (SSSR count). The Morgan fingerprint density at radius 2 is 1.88 bits per heavy atom. The maximum Gasteiger partial charge on any atom is 0.149 e. The maximum atomic E-state index is 10.9. The van der Waals surface area contributed by atoms with Crippen molar-refractivity contribution < 1.29 is 8.42 Å². The Hall–Kier alpha value is -1.30. The van der Waals surface area contributed by atoms with Crippen LogP contribution in [0.1, 0.15) is 6.92 Å². The van der Waals surface area contributed by atoms with Crippen LogP contribution in [0.25, 0.3) is 0 Å². The highest BCUT2D eigenvalue weighted by Crippen LogP contribution is 2.12. The monoisotopic (exact) mass is 243 g/mol. The van der Waals surface area contributed by atoms with Crippen molar-refractivity contribution >= 4 is 21.2 Å². The third-order valence-electron chi connectivity index (χ3n) is 1.92. The van der Waals surface area contributed by atoms with Crippen molar-refractivity contribution in [2.45, 2.75) is 6.92 Å². The first-order valence-corrected chi connectivity index (χ1v) is 7.18. The molecule has 0 saturated carbocycles. The molecule has 0 aliphatic rings. The summed E-state index contributed by atoms with van der Waals surface area (Å²) in [6.45, 7) is 3.23. The van der Waals surface area contributed by atoms with Crippen LogP contribution in [-0.4, -0.2) is 38.5 Å². The second kappa shape index (κ2) is 5.69. The van der Waals surface area contributed by atoms with Gasteiger partial charge in [0, 0.05) is 19.3 Å². The number of nitrogens with one attached hydrogen (secondary N) is 2. The van der Waals surface area contributed by atoms with Crippen molar-refractivity contribution in [1.29, 1.82) is 0 Å². The molecule has 1 heterocycles. The standard InChI is InChI=1S/C10H17N3O2S/c1-3-12-9-6-10(8-11-7-9)13-4-5-16(2,14)15/h6-8,12-13H,3-5H2,1-2H3. The van der Waals surface area contributed by atoms with Gasteiger partial charge in [0.05, 0.1) is 29.5 Å². The molecule has 0 fully saturated rings. The third-order valence-corrected chi connectivity index (χ3v) is 2.87. The zero-order chi connectivity index (χ0) is 12.0. The van der Waals surface area contributed by atoms with E-state index in [0.29, 0.717) is 6.54 Å². The van der Waals surface area contributed by atoms with Crippen LogP contribution in [0, 0.1) is 0 Å². The minimum atomic E-state index is -2.91. The van der Waals surface area contributed by atoms with Gasteiger partial charge in [0.2, 0.25) is 0 Å². The van der Waals surface area contributed by atoms with Gasteiger partial charge in [0.1, 0.15) is 9.84 Å². The average Bonchev–Trinajstić information content (AvgIpc) is 2.17. The van der Waals surface area contributed by atoms with Gasteiger partial charge in [0.15, 0.2) is 0 Å². The number of hydrogen-bond acceptors (Lipinski definition) is 5. The molecule has 1 aromatic heterocycles. The lowest BCUT2D eigenvalue weighted by atomic mass is 10.3.